The Balaban J connectivity index is 2.33. The summed E-state index contributed by atoms with van der Waals surface area (Å²) in [6, 6.07) is 10.4. The van der Waals surface area contributed by atoms with Crippen LogP contribution in [0.25, 0.3) is 0 Å². The highest BCUT2D eigenvalue weighted by molar-refractivity contribution is 5.44. The van der Waals surface area contributed by atoms with Crippen molar-refractivity contribution in [2.24, 2.45) is 0 Å². The molecule has 3 nitrogen and oxygen atoms in total. The summed E-state index contributed by atoms with van der Waals surface area (Å²) in [7, 11) is 5.88. The molecule has 0 unspecified atom stereocenters. The Bertz CT molecular complexity index is 264. The van der Waals surface area contributed by atoms with E-state index >= 15 is 0 Å². The second-order valence-electron chi connectivity index (χ2n) is 3.75. The van der Waals surface area contributed by atoms with Crippen molar-refractivity contribution in [2.75, 3.05) is 45.9 Å². The predicted octanol–water partition coefficient (Wildman–Crippen LogP) is 1.66. The molecule has 1 aromatic rings. The Kier molecular flexibility index (Phi) is 5.15. The van der Waals surface area contributed by atoms with Crippen LogP contribution < -0.4 is 4.90 Å². The molecule has 0 saturated carbocycles. The summed E-state index contributed by atoms with van der Waals surface area (Å²) in [4.78, 5) is 4.39. The maximum atomic E-state index is 5.05. The lowest BCUT2D eigenvalue weighted by Crippen LogP contribution is -2.31. The lowest BCUT2D eigenvalue weighted by Gasteiger charge is -2.23. The van der Waals surface area contributed by atoms with Crippen LogP contribution in [0.3, 0.4) is 0 Å². The molecule has 0 heterocycles. The molecule has 15 heavy (non-hydrogen) atoms. The number of ether oxygens (including phenoxy) is 1. The first-order valence-electron chi connectivity index (χ1n) is 5.17. The smallest absolute Gasteiger partial charge is 0.0984 e. The molecule has 0 amide bonds. The maximum Gasteiger partial charge on any atom is 0.0984 e. The van der Waals surface area contributed by atoms with Crippen molar-refractivity contribution in [3.63, 3.8) is 0 Å². The molecule has 0 saturated heterocycles. The van der Waals surface area contributed by atoms with Crippen LogP contribution in [0, 0.1) is 0 Å². The quantitative estimate of drug-likeness (QED) is 0.661. The molecular weight excluding hydrogens is 188 g/mol. The van der Waals surface area contributed by atoms with Gasteiger partial charge in [-0.25, -0.2) is 0 Å². The summed E-state index contributed by atoms with van der Waals surface area (Å²) in [6.07, 6.45) is 0. The van der Waals surface area contributed by atoms with Crippen molar-refractivity contribution in [3.8, 4) is 0 Å². The van der Waals surface area contributed by atoms with E-state index in [1.165, 1.54) is 5.69 Å². The van der Waals surface area contributed by atoms with Crippen molar-refractivity contribution in [1.29, 1.82) is 0 Å². The average Bonchev–Trinajstić information content (AvgIpc) is 2.27. The molecule has 1 aromatic carbocycles. The number of para-hydroxylation sites is 1. The first kappa shape index (κ1) is 12.0. The second-order valence-corrected chi connectivity index (χ2v) is 3.75. The van der Waals surface area contributed by atoms with Crippen molar-refractivity contribution in [1.82, 2.24) is 4.90 Å². The zero-order valence-corrected chi connectivity index (χ0v) is 9.81. The molecular formula is C12H20N2O. The Hall–Kier alpha value is -1.06. The highest BCUT2D eigenvalue weighted by Gasteiger charge is 2.01. The zero-order valence-electron chi connectivity index (χ0n) is 9.81. The Morgan fingerprint density at radius 3 is 2.33 bits per heavy atom. The molecule has 0 aliphatic heterocycles. The van der Waals surface area contributed by atoms with Gasteiger partial charge < -0.3 is 9.64 Å². The van der Waals surface area contributed by atoms with Gasteiger partial charge >= 0.3 is 0 Å². The summed E-state index contributed by atoms with van der Waals surface area (Å²) in [5.41, 5.74) is 1.25. The van der Waals surface area contributed by atoms with Crippen molar-refractivity contribution in [3.05, 3.63) is 30.3 Å². The molecule has 0 bridgehead atoms. The standard InChI is InChI=1S/C12H20N2O/c1-13(11-15-3)9-10-14(2)12-7-5-4-6-8-12/h4-8H,9-11H2,1-3H3. The summed E-state index contributed by atoms with van der Waals surface area (Å²) < 4.78 is 5.05. The van der Waals surface area contributed by atoms with Gasteiger partial charge in [0.1, 0.15) is 0 Å². The Morgan fingerprint density at radius 2 is 1.73 bits per heavy atom. The lowest BCUT2D eigenvalue weighted by molar-refractivity contribution is 0.0838. The molecule has 0 N–H and O–H groups in total. The molecule has 0 spiro atoms. The molecule has 0 aliphatic rings. The van der Waals surface area contributed by atoms with Crippen molar-refractivity contribution >= 4 is 5.69 Å². The third kappa shape index (κ3) is 4.32. The third-order valence-electron chi connectivity index (χ3n) is 2.36. The molecule has 0 atom stereocenters. The van der Waals surface area contributed by atoms with E-state index in [1.54, 1.807) is 7.11 Å². The molecule has 1 rings (SSSR count). The van der Waals surface area contributed by atoms with E-state index in [1.807, 2.05) is 6.07 Å². The van der Waals surface area contributed by atoms with Gasteiger partial charge in [-0.05, 0) is 19.2 Å². The van der Waals surface area contributed by atoms with Crippen LogP contribution in [0.5, 0.6) is 0 Å². The molecule has 0 aromatic heterocycles. The first-order valence-corrected chi connectivity index (χ1v) is 5.17. The molecule has 0 fully saturated rings. The van der Waals surface area contributed by atoms with Crippen LogP contribution in [0.15, 0.2) is 30.3 Å². The van der Waals surface area contributed by atoms with Gasteiger partial charge in [-0.1, -0.05) is 18.2 Å². The summed E-state index contributed by atoms with van der Waals surface area (Å²) >= 11 is 0. The van der Waals surface area contributed by atoms with Gasteiger partial charge in [-0.15, -0.1) is 0 Å². The van der Waals surface area contributed by atoms with Gasteiger partial charge in [0.05, 0.1) is 6.73 Å². The predicted molar refractivity (Wildman–Crippen MR) is 64.2 cm³/mol. The fraction of sp³-hybridized carbons (Fsp3) is 0.500. The number of rotatable bonds is 6. The minimum Gasteiger partial charge on any atom is -0.373 e. The monoisotopic (exact) mass is 208 g/mol. The van der Waals surface area contributed by atoms with E-state index in [0.717, 1.165) is 13.1 Å². The van der Waals surface area contributed by atoms with Gasteiger partial charge in [0, 0.05) is 32.9 Å². The number of benzene rings is 1. The van der Waals surface area contributed by atoms with E-state index < -0.39 is 0 Å². The average molecular weight is 208 g/mol. The maximum absolute atomic E-state index is 5.05. The molecule has 0 aliphatic carbocycles. The minimum absolute atomic E-state index is 0.683. The number of hydrogen-bond acceptors (Lipinski definition) is 3. The van der Waals surface area contributed by atoms with E-state index in [9.17, 15) is 0 Å². The number of hydrogen-bond donors (Lipinski definition) is 0. The highest BCUT2D eigenvalue weighted by atomic mass is 16.5. The van der Waals surface area contributed by atoms with Gasteiger partial charge in [0.25, 0.3) is 0 Å². The topological polar surface area (TPSA) is 15.7 Å². The SMILES string of the molecule is COCN(C)CCN(C)c1ccccc1. The Labute approximate surface area is 92.3 Å². The van der Waals surface area contributed by atoms with Crippen LogP contribution in [-0.2, 0) is 4.74 Å². The van der Waals surface area contributed by atoms with Gasteiger partial charge in [0.2, 0.25) is 0 Å². The van der Waals surface area contributed by atoms with E-state index in [4.69, 9.17) is 4.74 Å². The van der Waals surface area contributed by atoms with Crippen LogP contribution >= 0.6 is 0 Å². The van der Waals surface area contributed by atoms with Crippen molar-refractivity contribution < 1.29 is 4.74 Å². The highest BCUT2D eigenvalue weighted by Crippen LogP contribution is 2.10. The summed E-state index contributed by atoms with van der Waals surface area (Å²) in [6.45, 7) is 2.69. The third-order valence-corrected chi connectivity index (χ3v) is 2.36. The Morgan fingerprint density at radius 1 is 1.07 bits per heavy atom. The first-order chi connectivity index (χ1) is 7.24. The second kappa shape index (κ2) is 6.43. The van der Waals surface area contributed by atoms with E-state index in [2.05, 4.69) is 48.2 Å². The molecule has 0 radical (unpaired) electrons. The number of anilines is 1. The minimum atomic E-state index is 0.683. The fourth-order valence-corrected chi connectivity index (χ4v) is 1.42. The fourth-order valence-electron chi connectivity index (χ4n) is 1.42. The van der Waals surface area contributed by atoms with Crippen LogP contribution in [0.1, 0.15) is 0 Å². The van der Waals surface area contributed by atoms with Gasteiger partial charge in [0.15, 0.2) is 0 Å². The normalized spacial score (nSPS) is 10.7. The van der Waals surface area contributed by atoms with Crippen LogP contribution in [0.2, 0.25) is 0 Å². The number of likely N-dealkylation sites (N-methyl/N-ethyl adjacent to an activating group) is 2. The zero-order chi connectivity index (χ0) is 11.1. The number of nitrogens with zero attached hydrogens (tertiary/aromatic N) is 2. The molecule has 84 valence electrons. The number of methoxy groups -OCH3 is 1. The largest absolute Gasteiger partial charge is 0.373 e. The van der Waals surface area contributed by atoms with E-state index in [-0.39, 0.29) is 0 Å². The summed E-state index contributed by atoms with van der Waals surface area (Å²) in [5.74, 6) is 0. The van der Waals surface area contributed by atoms with Crippen molar-refractivity contribution in [2.45, 2.75) is 0 Å². The van der Waals surface area contributed by atoms with Crippen LogP contribution in [-0.4, -0.2) is 45.9 Å². The van der Waals surface area contributed by atoms with Crippen LogP contribution in [0.4, 0.5) is 5.69 Å². The lowest BCUT2D eigenvalue weighted by atomic mass is 10.3. The van der Waals surface area contributed by atoms with Gasteiger partial charge in [-0.2, -0.15) is 0 Å². The summed E-state index contributed by atoms with van der Waals surface area (Å²) in [5, 5.41) is 0. The van der Waals surface area contributed by atoms with E-state index in [0.29, 0.717) is 6.73 Å². The van der Waals surface area contributed by atoms with Gasteiger partial charge in [-0.3, -0.25) is 4.90 Å². The molecule has 3 heteroatoms.